The summed E-state index contributed by atoms with van der Waals surface area (Å²) in [5, 5.41) is 34.2. The number of nitrogens with zero attached hydrogens (tertiary/aromatic N) is 4. The first-order valence-corrected chi connectivity index (χ1v) is 9.83. The van der Waals surface area contributed by atoms with Crippen LogP contribution in [0.4, 0.5) is 0 Å². The molecule has 0 fully saturated rings. The zero-order valence-electron chi connectivity index (χ0n) is 10.3. The molecule has 0 amide bonds. The van der Waals surface area contributed by atoms with Crippen molar-refractivity contribution < 1.29 is 0 Å². The standard InChI is InChI=1S/C12H6N4S5/c13-5-17-8-20-12(18-6-14,19-7-15)11-16-9-3-1-2-4-10(9)21-11/h1-4H,8H2. The molecule has 0 aliphatic rings. The molecule has 1 aromatic heterocycles. The highest BCUT2D eigenvalue weighted by Crippen LogP contribution is 2.56. The van der Waals surface area contributed by atoms with E-state index in [-0.39, 0.29) is 0 Å². The van der Waals surface area contributed by atoms with Crippen molar-refractivity contribution in [2.45, 2.75) is 3.41 Å². The van der Waals surface area contributed by atoms with E-state index in [1.165, 1.54) is 23.1 Å². The van der Waals surface area contributed by atoms with Crippen LogP contribution in [-0.2, 0) is 3.41 Å². The highest BCUT2D eigenvalue weighted by molar-refractivity contribution is 8.37. The number of rotatable bonds is 6. The number of aromatic nitrogens is 1. The molecule has 104 valence electrons. The van der Waals surface area contributed by atoms with E-state index in [0.29, 0.717) is 10.1 Å². The highest BCUT2D eigenvalue weighted by Gasteiger charge is 2.39. The number of hydrogen-bond donors (Lipinski definition) is 0. The van der Waals surface area contributed by atoms with Gasteiger partial charge in [0.2, 0.25) is 0 Å². The van der Waals surface area contributed by atoms with Crippen LogP contribution in [0.25, 0.3) is 10.2 Å². The molecule has 9 heteroatoms. The second kappa shape index (κ2) is 7.84. The number of hydrogen-bond acceptors (Lipinski definition) is 9. The van der Waals surface area contributed by atoms with Gasteiger partial charge in [-0.3, -0.25) is 0 Å². The summed E-state index contributed by atoms with van der Waals surface area (Å²) in [5.41, 5.74) is 0.854. The van der Waals surface area contributed by atoms with Crippen LogP contribution in [0.3, 0.4) is 0 Å². The van der Waals surface area contributed by atoms with Crippen LogP contribution in [0.5, 0.6) is 0 Å². The number of thiocyanates is 3. The third-order valence-electron chi connectivity index (χ3n) is 2.29. The lowest BCUT2D eigenvalue weighted by Gasteiger charge is -2.22. The zero-order valence-corrected chi connectivity index (χ0v) is 14.4. The smallest absolute Gasteiger partial charge is 0.187 e. The lowest BCUT2D eigenvalue weighted by atomic mass is 10.3. The number of thiazole rings is 1. The summed E-state index contributed by atoms with van der Waals surface area (Å²) in [7, 11) is 0. The van der Waals surface area contributed by atoms with Crippen molar-refractivity contribution in [2.24, 2.45) is 0 Å². The summed E-state index contributed by atoms with van der Waals surface area (Å²) < 4.78 is 0.194. The van der Waals surface area contributed by atoms with Crippen LogP contribution in [0.2, 0.25) is 0 Å². The summed E-state index contributed by atoms with van der Waals surface area (Å²) in [6, 6.07) is 7.70. The molecule has 0 bridgehead atoms. The molecule has 0 atom stereocenters. The zero-order chi connectivity index (χ0) is 15.1. The summed E-state index contributed by atoms with van der Waals surface area (Å²) in [6.45, 7) is 0. The van der Waals surface area contributed by atoms with Gasteiger partial charge in [0.15, 0.2) is 3.41 Å². The molecule has 21 heavy (non-hydrogen) atoms. The van der Waals surface area contributed by atoms with Gasteiger partial charge in [0, 0.05) is 0 Å². The molecule has 0 radical (unpaired) electrons. The molecule has 2 rings (SSSR count). The van der Waals surface area contributed by atoms with Crippen LogP contribution < -0.4 is 0 Å². The van der Waals surface area contributed by atoms with Crippen LogP contribution in [0.1, 0.15) is 5.01 Å². The van der Waals surface area contributed by atoms with Crippen molar-refractivity contribution in [1.29, 1.82) is 15.8 Å². The summed E-state index contributed by atoms with van der Waals surface area (Å²) >= 11 is 5.95. The van der Waals surface area contributed by atoms with Gasteiger partial charge < -0.3 is 0 Å². The highest BCUT2D eigenvalue weighted by atomic mass is 32.3. The minimum Gasteiger partial charge on any atom is -0.238 e. The van der Waals surface area contributed by atoms with Gasteiger partial charge in [-0.2, -0.15) is 15.8 Å². The Morgan fingerprint density at radius 3 is 2.43 bits per heavy atom. The topological polar surface area (TPSA) is 84.3 Å². The van der Waals surface area contributed by atoms with E-state index in [9.17, 15) is 0 Å². The quantitative estimate of drug-likeness (QED) is 0.412. The monoisotopic (exact) mass is 366 g/mol. The van der Waals surface area contributed by atoms with Crippen molar-refractivity contribution in [3.8, 4) is 16.2 Å². The molecule has 0 saturated carbocycles. The Balaban J connectivity index is 2.44. The van der Waals surface area contributed by atoms with E-state index in [4.69, 9.17) is 15.8 Å². The molecule has 0 aliphatic heterocycles. The second-order valence-electron chi connectivity index (χ2n) is 3.43. The molecule has 1 heterocycles. The largest absolute Gasteiger partial charge is 0.238 e. The average molecular weight is 367 g/mol. The van der Waals surface area contributed by atoms with Gasteiger partial charge in [-0.25, -0.2) is 4.98 Å². The SMILES string of the molecule is N#CSCSC(SC#N)(SC#N)c1nc2ccccc2s1. The van der Waals surface area contributed by atoms with E-state index in [0.717, 1.165) is 45.5 Å². The van der Waals surface area contributed by atoms with Gasteiger partial charge in [-0.05, 0) is 47.4 Å². The van der Waals surface area contributed by atoms with Gasteiger partial charge in [-0.15, -0.1) is 23.1 Å². The van der Waals surface area contributed by atoms with Crippen molar-refractivity contribution in [3.05, 3.63) is 29.3 Å². The van der Waals surface area contributed by atoms with E-state index >= 15 is 0 Å². The number of nitriles is 3. The molecule has 0 spiro atoms. The van der Waals surface area contributed by atoms with Crippen LogP contribution in [0.15, 0.2) is 24.3 Å². The van der Waals surface area contributed by atoms with Crippen molar-refractivity contribution in [2.75, 3.05) is 5.08 Å². The van der Waals surface area contributed by atoms with Gasteiger partial charge >= 0.3 is 0 Å². The maximum absolute atomic E-state index is 9.10. The maximum atomic E-state index is 9.10. The predicted molar refractivity (Wildman–Crippen MR) is 93.4 cm³/mol. The normalized spacial score (nSPS) is 10.7. The van der Waals surface area contributed by atoms with Crippen molar-refractivity contribution in [1.82, 2.24) is 4.98 Å². The van der Waals surface area contributed by atoms with Crippen LogP contribution >= 0.6 is 58.4 Å². The first-order valence-electron chi connectivity index (χ1n) is 5.41. The van der Waals surface area contributed by atoms with Gasteiger partial charge in [0.25, 0.3) is 0 Å². The fourth-order valence-electron chi connectivity index (χ4n) is 1.49. The lowest BCUT2D eigenvalue weighted by molar-refractivity contribution is 1.24. The van der Waals surface area contributed by atoms with Crippen molar-refractivity contribution >= 4 is 68.6 Å². The van der Waals surface area contributed by atoms with Crippen LogP contribution in [-0.4, -0.2) is 10.1 Å². The number of para-hydroxylation sites is 1. The maximum Gasteiger partial charge on any atom is 0.187 e. The Bertz CT molecular complexity index is 702. The average Bonchev–Trinajstić information content (AvgIpc) is 2.92. The Hall–Kier alpha value is -1.02. The molecule has 0 aliphatic carbocycles. The fraction of sp³-hybridized carbons (Fsp3) is 0.167. The van der Waals surface area contributed by atoms with E-state index in [1.807, 2.05) is 29.7 Å². The molecule has 0 saturated heterocycles. The van der Waals surface area contributed by atoms with E-state index in [1.54, 1.807) is 0 Å². The van der Waals surface area contributed by atoms with E-state index in [2.05, 4.69) is 15.8 Å². The summed E-state index contributed by atoms with van der Waals surface area (Å²) in [6.07, 6.45) is 0. The summed E-state index contributed by atoms with van der Waals surface area (Å²) in [4.78, 5) is 4.56. The molecule has 0 unspecified atom stereocenters. The minimum absolute atomic E-state index is 0.468. The lowest BCUT2D eigenvalue weighted by Crippen LogP contribution is -2.11. The van der Waals surface area contributed by atoms with Gasteiger partial charge in [0.05, 0.1) is 15.3 Å². The third-order valence-corrected chi connectivity index (χ3v) is 8.29. The Kier molecular flexibility index (Phi) is 6.10. The number of benzene rings is 1. The first-order chi connectivity index (χ1) is 10.3. The Morgan fingerprint density at radius 2 is 1.81 bits per heavy atom. The molecule has 4 nitrogen and oxygen atoms in total. The number of fused-ring (bicyclic) bond motifs is 1. The molecular weight excluding hydrogens is 360 g/mol. The summed E-state index contributed by atoms with van der Waals surface area (Å²) in [5.74, 6) is 0. The third kappa shape index (κ3) is 3.79. The van der Waals surface area contributed by atoms with Gasteiger partial charge in [0.1, 0.15) is 21.2 Å². The van der Waals surface area contributed by atoms with Crippen LogP contribution in [0, 0.1) is 32.0 Å². The molecule has 0 N–H and O–H groups in total. The second-order valence-corrected chi connectivity index (χ2v) is 9.55. The Morgan fingerprint density at radius 1 is 1.10 bits per heavy atom. The number of thioether (sulfide) groups is 4. The predicted octanol–water partition coefficient (Wildman–Crippen LogP) is 4.74. The minimum atomic E-state index is -0.822. The fourth-order valence-corrected chi connectivity index (χ4v) is 6.82. The first kappa shape index (κ1) is 16.4. The van der Waals surface area contributed by atoms with Crippen molar-refractivity contribution in [3.63, 3.8) is 0 Å². The van der Waals surface area contributed by atoms with Gasteiger partial charge in [-0.1, -0.05) is 12.1 Å². The Labute approximate surface area is 142 Å². The van der Waals surface area contributed by atoms with E-state index < -0.39 is 3.41 Å². The molecule has 1 aromatic carbocycles. The molecular formula is C12H6N4S5. The molecule has 2 aromatic rings.